The molecule has 0 bridgehead atoms. The number of hydrogen-bond acceptors (Lipinski definition) is 16. The fourth-order valence-corrected chi connectivity index (χ4v) is 14.9. The molecule has 676 valence electrons. The second-order valence-electron chi connectivity index (χ2n) is 30.1. The van der Waals surface area contributed by atoms with Crippen molar-refractivity contribution in [3.63, 3.8) is 0 Å². The first-order valence-electron chi connectivity index (χ1n) is 42.4. The predicted octanol–water partition coefficient (Wildman–Crippen LogP) is 29.5. The van der Waals surface area contributed by atoms with Crippen LogP contribution in [0, 0.1) is 104 Å². The van der Waals surface area contributed by atoms with E-state index in [1.165, 1.54) is 60.8 Å². The van der Waals surface area contributed by atoms with E-state index in [1.807, 2.05) is 110 Å². The number of para-hydroxylation sites is 3. The zero-order chi connectivity index (χ0) is 94.5. The molecule has 4 radical (unpaired) electrons. The van der Waals surface area contributed by atoms with Crippen molar-refractivity contribution in [2.45, 2.75) is 34.6 Å². The van der Waals surface area contributed by atoms with E-state index in [4.69, 9.17) is 37.8 Å². The molecule has 0 fully saturated rings. The van der Waals surface area contributed by atoms with Crippen molar-refractivity contribution in [3.8, 4) is 74.2 Å². The number of anilines is 6. The number of nitrogens with zero attached hydrogens (tertiary/aromatic N) is 17. The van der Waals surface area contributed by atoms with Crippen molar-refractivity contribution >= 4 is 126 Å². The van der Waals surface area contributed by atoms with Gasteiger partial charge in [0.15, 0.2) is 18.5 Å². The fraction of sp³-hybridized carbons (Fsp3) is 0.0439. The van der Waals surface area contributed by atoms with Gasteiger partial charge in [0.2, 0.25) is 11.0 Å². The molecule has 20 rings (SSSR count). The SMILES string of the molecule is Cc1[c-]c(-c2ccc3ccccc3n2)cc(C)c1.Cc1cccc(-c2[c-]cccc2)n1.[2H]N=P.[C-]#[N+]c1nc2c(nc1C#N)c1nc(C#N)c(C#N)nc1c1nc([N+]#[C-])c([N+]#[C-])nc21.[CH-]=C(C)C=C(C)O.[Ir].[Ir].[Ir].[Ir].[c-]1ccc(-c2ccccc2)cc1-c1ccccn1.c1ccc(N(c2ccc(-c3ccc(N(c4ccccc4)c4cccc5ccccc45)cc3)cc2)c2cccc3ccccc23)cc1. The third-order valence-corrected chi connectivity index (χ3v) is 20.8. The number of aliphatic hydroxyl groups excluding tert-OH is 1. The number of rotatable bonds is 12. The molecule has 2 N–H and O–H groups in total. The minimum atomic E-state index is -0.298. The first-order valence-corrected chi connectivity index (χ1v) is 42.4. The van der Waals surface area contributed by atoms with E-state index in [0.29, 0.717) is 5.57 Å². The normalized spacial score (nSPS) is 10.2. The molecule has 24 heteroatoms. The van der Waals surface area contributed by atoms with Gasteiger partial charge in [-0.3, -0.25) is 16.7 Å². The second-order valence-corrected chi connectivity index (χ2v) is 30.1. The molecule has 0 atom stereocenters. The van der Waals surface area contributed by atoms with Crippen LogP contribution in [0.3, 0.4) is 0 Å². The summed E-state index contributed by atoms with van der Waals surface area (Å²) in [6, 6.07) is 137. The van der Waals surface area contributed by atoms with E-state index in [9.17, 15) is 15.8 Å². The molecule has 0 unspecified atom stereocenters. The predicted molar refractivity (Wildman–Crippen MR) is 539 cm³/mol. The molecule has 20 aromatic rings. The molecule has 0 aliphatic rings. The maximum absolute atomic E-state index is 9.30. The summed E-state index contributed by atoms with van der Waals surface area (Å²) in [6.45, 7) is 36.3. The number of benzene rings is 14. The molecule has 0 aliphatic carbocycles. The summed E-state index contributed by atoms with van der Waals surface area (Å²) < 4.78 is 5.75. The Kier molecular flexibility index (Phi) is 37.7. The molecule has 19 nitrogen and oxygen atoms in total. The molecule has 0 saturated carbocycles. The van der Waals surface area contributed by atoms with Gasteiger partial charge in [-0.1, -0.05) is 259 Å². The molecular formula is C114H79Ir4N18OP-4. The molecule has 0 amide bonds. The van der Waals surface area contributed by atoms with Crippen LogP contribution >= 0.6 is 9.03 Å². The Morgan fingerprint density at radius 2 is 0.833 bits per heavy atom. The van der Waals surface area contributed by atoms with Crippen LogP contribution in [0.1, 0.15) is 47.8 Å². The van der Waals surface area contributed by atoms with Gasteiger partial charge in [-0.05, 0) is 152 Å². The van der Waals surface area contributed by atoms with E-state index < -0.39 is 0 Å². The number of fused-ring (bicyclic) bond motifs is 9. The quantitative estimate of drug-likeness (QED) is 0.0379. The van der Waals surface area contributed by atoms with Crippen molar-refractivity contribution in [1.82, 2.24) is 44.9 Å². The second kappa shape index (κ2) is 50.8. The fourth-order valence-electron chi connectivity index (χ4n) is 14.9. The van der Waals surface area contributed by atoms with Crippen molar-refractivity contribution < 1.29 is 86.9 Å². The average Bonchev–Trinajstić information content (AvgIpc) is 0.722. The average molecular weight is 2520 g/mol. The minimum Gasteiger partial charge on any atom is -0.531 e. The summed E-state index contributed by atoms with van der Waals surface area (Å²) in [4.78, 5) is 52.5. The summed E-state index contributed by atoms with van der Waals surface area (Å²) >= 11 is 0. The first-order chi connectivity index (χ1) is 66.0. The number of aromatic nitrogens is 9. The topological polar surface area (TPSA) is 251 Å². The molecule has 6 aromatic heterocycles. The van der Waals surface area contributed by atoms with Gasteiger partial charge in [0.05, 0.1) is 16.9 Å². The Morgan fingerprint density at radius 1 is 0.406 bits per heavy atom. The Balaban J connectivity index is 0.000000185. The van der Waals surface area contributed by atoms with E-state index in [1.54, 1.807) is 38.3 Å². The van der Waals surface area contributed by atoms with E-state index >= 15 is 0 Å². The van der Waals surface area contributed by atoms with Crippen molar-refractivity contribution in [1.29, 1.82) is 20.9 Å². The Labute approximate surface area is 858 Å². The molecule has 0 saturated heterocycles. The van der Waals surface area contributed by atoms with Gasteiger partial charge >= 0.3 is 5.82 Å². The third-order valence-electron chi connectivity index (χ3n) is 20.8. The summed E-state index contributed by atoms with van der Waals surface area (Å²) in [7, 11) is 2.48. The van der Waals surface area contributed by atoms with Gasteiger partial charge in [0, 0.05) is 132 Å². The van der Waals surface area contributed by atoms with E-state index in [-0.39, 0.29) is 154 Å². The standard InChI is InChI=1S/C44H32N2.C18N12.C17H14N.C17H12N.C12H10N.C6H9O.4Ir.H2NP/c1-3-17-37(18-4-1)45(43-23-11-15-35-13-7-9-21-41(35)43)39-29-25-33(26-30-39)34-27-31-40(32-28-34)46(38-19-5-2-6-20-38)44-24-12-16-36-14-8-10-22-42(36)44;1-22-16-9(6-21)27-12-10-11(26-8(5-20)7(4-19)25-10)14-15(13(12)28-16)30-18(24-3)17(23-2)29-14;1-12-9-13(2)11-15(10-12)17-8-7-14-5-3-4-6-16(14)18-17;1-2-7-14(8-3-1)15-9-6-10-16(13-15)17-11-4-5-12-18-17;1-10-6-5-9-12(13-10)11-7-3-2-4-8-11;1-5(2)4-6(3)7;;;;;1-2/h1-32H;;3-10H,1-2H3;1-9,11-13H;2-7,9H,1H3;1,4,7H,2-3H3;;;;;1-2H/q;;4*-1;;;;;/i/hD. The van der Waals surface area contributed by atoms with Crippen molar-refractivity contribution in [2.24, 2.45) is 0 Å². The van der Waals surface area contributed by atoms with Crippen LogP contribution in [0.25, 0.3) is 136 Å². The van der Waals surface area contributed by atoms with Crippen LogP contribution in [0.5, 0.6) is 0 Å². The zero-order valence-electron chi connectivity index (χ0n) is 75.5. The van der Waals surface area contributed by atoms with Crippen molar-refractivity contribution in [3.05, 3.63) is 468 Å². The van der Waals surface area contributed by atoms with Crippen LogP contribution < -0.4 is 9.80 Å². The van der Waals surface area contributed by atoms with Gasteiger partial charge in [0.25, 0.3) is 17.2 Å². The van der Waals surface area contributed by atoms with Crippen molar-refractivity contribution in [2.75, 3.05) is 9.80 Å². The van der Waals surface area contributed by atoms with Gasteiger partial charge in [-0.15, -0.1) is 121 Å². The maximum Gasteiger partial charge on any atom is 0.307 e. The maximum atomic E-state index is 9.30. The third kappa shape index (κ3) is 25.5. The monoisotopic (exact) mass is 2520 g/mol. The number of allylic oxidation sites excluding steroid dienone is 3. The first kappa shape index (κ1) is 102. The zero-order valence-corrected chi connectivity index (χ0v) is 85.1. The summed E-state index contributed by atoms with van der Waals surface area (Å²) in [5.74, 6) is -0.640. The number of aliphatic hydroxyl groups is 1. The smallest absolute Gasteiger partial charge is 0.307 e. The van der Waals surface area contributed by atoms with Crippen LogP contribution in [-0.2, 0) is 80.4 Å². The van der Waals surface area contributed by atoms with Gasteiger partial charge in [0.1, 0.15) is 34.8 Å². The van der Waals surface area contributed by atoms with Gasteiger partial charge in [-0.2, -0.15) is 21.9 Å². The van der Waals surface area contributed by atoms with Crippen LogP contribution in [-0.4, -0.2) is 50.0 Å². The van der Waals surface area contributed by atoms with E-state index in [0.717, 1.165) is 84.7 Å². The summed E-state index contributed by atoms with van der Waals surface area (Å²) in [6.07, 6.45) is 3.30. The molecule has 0 aliphatic heterocycles. The number of pyridine rings is 3. The number of nitriles is 3. The molecule has 138 heavy (non-hydrogen) atoms. The Bertz CT molecular complexity index is 7430. The number of hydrogen-bond donors (Lipinski definition) is 2. The summed E-state index contributed by atoms with van der Waals surface area (Å²) in [5, 5.41) is 45.0. The van der Waals surface area contributed by atoms with Gasteiger partial charge < -0.3 is 39.4 Å². The van der Waals surface area contributed by atoms with Crippen LogP contribution in [0.15, 0.2) is 375 Å². The Hall–Kier alpha value is -16.2. The number of nitrogens with one attached hydrogen (secondary N) is 1. The minimum absolute atomic E-state index is 0. The molecule has 0 spiro atoms. The number of aryl methyl sites for hydroxylation is 3. The van der Waals surface area contributed by atoms with Crippen LogP contribution in [0.4, 0.5) is 51.6 Å². The van der Waals surface area contributed by atoms with E-state index in [2.05, 4.69) is 359 Å². The molecular weight excluding hydrogens is 2440 g/mol. The van der Waals surface area contributed by atoms with Gasteiger partial charge in [-0.25, -0.2) is 20.5 Å². The molecule has 6 heterocycles. The van der Waals surface area contributed by atoms with Crippen LogP contribution in [0.2, 0.25) is 1.41 Å². The Morgan fingerprint density at radius 3 is 1.30 bits per heavy atom. The summed E-state index contributed by atoms with van der Waals surface area (Å²) in [5.41, 5.74) is 21.9. The molecule has 14 aromatic carbocycles. The largest absolute Gasteiger partial charge is 0.531 e.